The lowest BCUT2D eigenvalue weighted by Crippen LogP contribution is -2.47. The number of nitrogens with one attached hydrogen (secondary N) is 2. The highest BCUT2D eigenvalue weighted by Crippen LogP contribution is 2.25. The molecule has 1 saturated carbocycles. The minimum absolute atomic E-state index is 0.125. The monoisotopic (exact) mass is 381 g/mol. The molecule has 1 aromatic carbocycles. The van der Waals surface area contributed by atoms with Crippen LogP contribution in [0.5, 0.6) is 0 Å². The third kappa shape index (κ3) is 5.81. The molecule has 26 heavy (non-hydrogen) atoms. The van der Waals surface area contributed by atoms with Gasteiger partial charge in [-0.05, 0) is 37.8 Å². The van der Waals surface area contributed by atoms with Gasteiger partial charge in [0.05, 0.1) is 11.4 Å². The Kier molecular flexibility index (Phi) is 7.16. The van der Waals surface area contributed by atoms with Gasteiger partial charge in [-0.15, -0.1) is 0 Å². The van der Waals surface area contributed by atoms with Crippen LogP contribution in [-0.4, -0.2) is 38.1 Å². The van der Waals surface area contributed by atoms with E-state index in [0.717, 1.165) is 35.6 Å². The van der Waals surface area contributed by atoms with Crippen molar-refractivity contribution in [2.24, 2.45) is 5.92 Å². The fraction of sp³-hybridized carbons (Fsp3) is 0.556. The molecule has 0 atom stereocenters. The van der Waals surface area contributed by atoms with E-state index in [4.69, 9.17) is 0 Å². The lowest BCUT2D eigenvalue weighted by atomic mass is 9.87. The van der Waals surface area contributed by atoms with E-state index in [0.29, 0.717) is 12.3 Å². The van der Waals surface area contributed by atoms with Gasteiger partial charge in [-0.3, -0.25) is 20.4 Å². The Morgan fingerprint density at radius 3 is 2.23 bits per heavy atom. The molecule has 0 spiro atoms. The molecule has 0 bridgehead atoms. The van der Waals surface area contributed by atoms with Crippen molar-refractivity contribution < 1.29 is 18.0 Å². The fourth-order valence-electron chi connectivity index (χ4n) is 3.06. The highest BCUT2D eigenvalue weighted by atomic mass is 32.2. The van der Waals surface area contributed by atoms with E-state index >= 15 is 0 Å². The second-order valence-electron chi connectivity index (χ2n) is 6.88. The predicted octanol–water partition coefficient (Wildman–Crippen LogP) is 1.73. The molecule has 1 aliphatic rings. The van der Waals surface area contributed by atoms with Crippen molar-refractivity contribution in [3.05, 3.63) is 29.8 Å². The minimum Gasteiger partial charge on any atom is -0.273 e. The van der Waals surface area contributed by atoms with Gasteiger partial charge in [0.15, 0.2) is 0 Å². The number of aryl methyl sites for hydroxylation is 1. The number of hydrazine groups is 1. The van der Waals surface area contributed by atoms with Crippen LogP contribution in [0.2, 0.25) is 0 Å². The van der Waals surface area contributed by atoms with Crippen LogP contribution >= 0.6 is 0 Å². The van der Waals surface area contributed by atoms with Gasteiger partial charge in [0.2, 0.25) is 15.9 Å². The molecular weight excluding hydrogens is 354 g/mol. The van der Waals surface area contributed by atoms with Gasteiger partial charge in [-0.2, -0.15) is 4.31 Å². The number of hydrogen-bond donors (Lipinski definition) is 2. The average Bonchev–Trinajstić information content (AvgIpc) is 2.61. The number of sulfonamides is 1. The zero-order valence-corrected chi connectivity index (χ0v) is 16.1. The molecular formula is C18H27N3O4S. The Bertz CT molecular complexity index is 725. The third-order valence-electron chi connectivity index (χ3n) is 4.64. The molecule has 7 nitrogen and oxygen atoms in total. The number of benzene rings is 1. The standard InChI is InChI=1S/C18H27N3O4S/c1-14-8-10-16(11-9-14)26(24,25)21(2)13-18(23)20-19-17(22)12-15-6-4-3-5-7-15/h8-11,15H,3-7,12-13H2,1-2H3,(H,19,22)(H,20,23). The van der Waals surface area contributed by atoms with Gasteiger partial charge in [0.25, 0.3) is 5.91 Å². The third-order valence-corrected chi connectivity index (χ3v) is 6.45. The molecule has 0 saturated heterocycles. The molecule has 1 fully saturated rings. The summed E-state index contributed by atoms with van der Waals surface area (Å²) in [6.45, 7) is 1.49. The number of carbonyl (C=O) groups excluding carboxylic acids is 2. The summed E-state index contributed by atoms with van der Waals surface area (Å²) < 4.78 is 25.8. The Balaban J connectivity index is 1.80. The Morgan fingerprint density at radius 2 is 1.62 bits per heavy atom. The highest BCUT2D eigenvalue weighted by Gasteiger charge is 2.23. The maximum atomic E-state index is 12.4. The SMILES string of the molecule is Cc1ccc(S(=O)(=O)N(C)CC(=O)NNC(=O)CC2CCCCC2)cc1. The van der Waals surface area contributed by atoms with Gasteiger partial charge < -0.3 is 0 Å². The van der Waals surface area contributed by atoms with Gasteiger partial charge >= 0.3 is 0 Å². The first kappa shape index (κ1) is 20.4. The van der Waals surface area contributed by atoms with E-state index in [1.54, 1.807) is 12.1 Å². The van der Waals surface area contributed by atoms with Crippen LogP contribution < -0.4 is 10.9 Å². The lowest BCUT2D eigenvalue weighted by molar-refractivity contribution is -0.129. The van der Waals surface area contributed by atoms with Crippen LogP contribution in [0.15, 0.2) is 29.2 Å². The zero-order valence-electron chi connectivity index (χ0n) is 15.3. The van der Waals surface area contributed by atoms with Crippen molar-refractivity contribution in [1.29, 1.82) is 0 Å². The lowest BCUT2D eigenvalue weighted by Gasteiger charge is -2.21. The van der Waals surface area contributed by atoms with Crippen molar-refractivity contribution in [1.82, 2.24) is 15.2 Å². The van der Waals surface area contributed by atoms with Crippen molar-refractivity contribution in [2.75, 3.05) is 13.6 Å². The topological polar surface area (TPSA) is 95.6 Å². The maximum absolute atomic E-state index is 12.4. The number of carbonyl (C=O) groups is 2. The van der Waals surface area contributed by atoms with Crippen molar-refractivity contribution >= 4 is 21.8 Å². The molecule has 1 aliphatic carbocycles. The maximum Gasteiger partial charge on any atom is 0.253 e. The summed E-state index contributed by atoms with van der Waals surface area (Å²) in [6.07, 6.45) is 5.98. The second-order valence-corrected chi connectivity index (χ2v) is 8.92. The van der Waals surface area contributed by atoms with Crippen LogP contribution in [0.1, 0.15) is 44.1 Å². The van der Waals surface area contributed by atoms with Crippen LogP contribution in [0.25, 0.3) is 0 Å². The number of rotatable bonds is 6. The van der Waals surface area contributed by atoms with Crippen LogP contribution in [-0.2, 0) is 19.6 Å². The molecule has 8 heteroatoms. The molecule has 0 unspecified atom stereocenters. The average molecular weight is 381 g/mol. The Labute approximate surface area is 155 Å². The van der Waals surface area contributed by atoms with Crippen molar-refractivity contribution in [2.45, 2.75) is 50.3 Å². The minimum atomic E-state index is -3.75. The molecule has 0 aromatic heterocycles. The van der Waals surface area contributed by atoms with Crippen LogP contribution in [0.3, 0.4) is 0 Å². The van der Waals surface area contributed by atoms with Gasteiger partial charge in [0, 0.05) is 13.5 Å². The Hall–Kier alpha value is -1.93. The summed E-state index contributed by atoms with van der Waals surface area (Å²) in [4.78, 5) is 24.0. The van der Waals surface area contributed by atoms with Gasteiger partial charge in [-0.1, -0.05) is 37.0 Å². The van der Waals surface area contributed by atoms with Gasteiger partial charge in [-0.25, -0.2) is 8.42 Å². The normalized spacial score (nSPS) is 15.7. The molecule has 0 aliphatic heterocycles. The number of nitrogens with zero attached hydrogens (tertiary/aromatic N) is 1. The molecule has 2 N–H and O–H groups in total. The first-order valence-electron chi connectivity index (χ1n) is 8.89. The van der Waals surface area contributed by atoms with Crippen LogP contribution in [0, 0.1) is 12.8 Å². The van der Waals surface area contributed by atoms with E-state index in [1.165, 1.54) is 25.6 Å². The van der Waals surface area contributed by atoms with E-state index in [-0.39, 0.29) is 17.3 Å². The number of likely N-dealkylation sites (N-methyl/N-ethyl adjacent to an activating group) is 1. The van der Waals surface area contributed by atoms with E-state index < -0.39 is 15.9 Å². The molecule has 0 heterocycles. The molecule has 1 aromatic rings. The number of hydrogen-bond acceptors (Lipinski definition) is 4. The summed E-state index contributed by atoms with van der Waals surface area (Å²) in [5.41, 5.74) is 5.61. The smallest absolute Gasteiger partial charge is 0.253 e. The molecule has 2 amide bonds. The first-order chi connectivity index (χ1) is 12.3. The summed E-state index contributed by atoms with van der Waals surface area (Å²) in [5, 5.41) is 0. The summed E-state index contributed by atoms with van der Waals surface area (Å²) in [7, 11) is -2.42. The van der Waals surface area contributed by atoms with E-state index in [2.05, 4.69) is 10.9 Å². The molecule has 0 radical (unpaired) electrons. The van der Waals surface area contributed by atoms with E-state index in [1.807, 2.05) is 6.92 Å². The highest BCUT2D eigenvalue weighted by molar-refractivity contribution is 7.89. The molecule has 144 valence electrons. The zero-order chi connectivity index (χ0) is 19.2. The van der Waals surface area contributed by atoms with Crippen LogP contribution in [0.4, 0.5) is 0 Å². The Morgan fingerprint density at radius 1 is 1.04 bits per heavy atom. The summed E-state index contributed by atoms with van der Waals surface area (Å²) >= 11 is 0. The van der Waals surface area contributed by atoms with Crippen molar-refractivity contribution in [3.8, 4) is 0 Å². The van der Waals surface area contributed by atoms with E-state index in [9.17, 15) is 18.0 Å². The number of amides is 2. The van der Waals surface area contributed by atoms with Crippen molar-refractivity contribution in [3.63, 3.8) is 0 Å². The quantitative estimate of drug-likeness (QED) is 0.734. The summed E-state index contributed by atoms with van der Waals surface area (Å²) in [6, 6.07) is 6.41. The fourth-order valence-corrected chi connectivity index (χ4v) is 4.19. The second kappa shape index (κ2) is 9.14. The van der Waals surface area contributed by atoms with Gasteiger partial charge in [0.1, 0.15) is 0 Å². The largest absolute Gasteiger partial charge is 0.273 e. The predicted molar refractivity (Wildman–Crippen MR) is 98.5 cm³/mol. The first-order valence-corrected chi connectivity index (χ1v) is 10.3. The summed E-state index contributed by atoms with van der Waals surface area (Å²) in [5.74, 6) is -0.459. The molecule has 2 rings (SSSR count).